The number of halogens is 1. The molecule has 1 unspecified atom stereocenters. The van der Waals surface area contributed by atoms with Gasteiger partial charge in [0.25, 0.3) is 5.91 Å². The van der Waals surface area contributed by atoms with E-state index in [9.17, 15) is 9.59 Å². The molecule has 1 aromatic rings. The highest BCUT2D eigenvalue weighted by Gasteiger charge is 2.24. The third-order valence-electron chi connectivity index (χ3n) is 3.09. The summed E-state index contributed by atoms with van der Waals surface area (Å²) in [5, 5.41) is 8.96. The lowest BCUT2D eigenvalue weighted by atomic mass is 10.1. The van der Waals surface area contributed by atoms with Gasteiger partial charge < -0.3 is 14.7 Å². The number of carboxylic acid groups (broad SMARTS) is 1. The molecule has 5 nitrogen and oxygen atoms in total. The molecular formula is C14H18BrNO4. The van der Waals surface area contributed by atoms with Crippen molar-refractivity contribution in [2.75, 3.05) is 13.7 Å². The molecule has 0 saturated carbocycles. The molecule has 0 aromatic heterocycles. The van der Waals surface area contributed by atoms with E-state index in [1.165, 1.54) is 12.0 Å². The summed E-state index contributed by atoms with van der Waals surface area (Å²) < 4.78 is 5.71. The summed E-state index contributed by atoms with van der Waals surface area (Å²) in [4.78, 5) is 24.8. The number of carbonyl (C=O) groups excluding carboxylic acids is 1. The fourth-order valence-electron chi connectivity index (χ4n) is 1.74. The smallest absolute Gasteiger partial charge is 0.323 e. The summed E-state index contributed by atoms with van der Waals surface area (Å²) in [6, 6.07) is 4.88. The maximum Gasteiger partial charge on any atom is 0.323 e. The molecule has 1 aromatic carbocycles. The Kier molecular flexibility index (Phi) is 6.01. The quantitative estimate of drug-likeness (QED) is 0.862. The molecule has 1 rings (SSSR count). The molecule has 0 aliphatic rings. The first-order valence-electron chi connectivity index (χ1n) is 6.27. The Morgan fingerprint density at radius 1 is 1.45 bits per heavy atom. The highest BCUT2D eigenvalue weighted by molar-refractivity contribution is 9.10. The molecule has 0 bridgehead atoms. The molecule has 20 heavy (non-hydrogen) atoms. The Labute approximate surface area is 126 Å². The fourth-order valence-corrected chi connectivity index (χ4v) is 2.16. The minimum atomic E-state index is -1.03. The number of nitrogens with zero attached hydrogens (tertiary/aromatic N) is 1. The van der Waals surface area contributed by atoms with Gasteiger partial charge in [0.1, 0.15) is 12.3 Å². The average molecular weight is 344 g/mol. The topological polar surface area (TPSA) is 66.8 Å². The molecular weight excluding hydrogens is 326 g/mol. The number of benzene rings is 1. The van der Waals surface area contributed by atoms with E-state index in [1.54, 1.807) is 18.2 Å². The maximum absolute atomic E-state index is 12.5. The zero-order valence-corrected chi connectivity index (χ0v) is 13.3. The van der Waals surface area contributed by atoms with Gasteiger partial charge in [-0.2, -0.15) is 0 Å². The maximum atomic E-state index is 12.5. The summed E-state index contributed by atoms with van der Waals surface area (Å²) in [5.74, 6) is -0.804. The summed E-state index contributed by atoms with van der Waals surface area (Å²) >= 11 is 3.32. The van der Waals surface area contributed by atoms with Gasteiger partial charge in [-0.3, -0.25) is 9.59 Å². The summed E-state index contributed by atoms with van der Waals surface area (Å²) in [6.45, 7) is 3.42. The van der Waals surface area contributed by atoms with Crippen LogP contribution in [0.1, 0.15) is 30.6 Å². The van der Waals surface area contributed by atoms with Crippen LogP contribution < -0.4 is 4.74 Å². The average Bonchev–Trinajstić information content (AvgIpc) is 2.43. The minimum Gasteiger partial charge on any atom is -0.497 e. The molecule has 0 heterocycles. The summed E-state index contributed by atoms with van der Waals surface area (Å²) in [5.41, 5.74) is 0.394. The van der Waals surface area contributed by atoms with E-state index in [2.05, 4.69) is 15.9 Å². The summed E-state index contributed by atoms with van der Waals surface area (Å²) in [6.07, 6.45) is 0.681. The van der Waals surface area contributed by atoms with Crippen molar-refractivity contribution >= 4 is 27.8 Å². The Morgan fingerprint density at radius 3 is 2.60 bits per heavy atom. The van der Waals surface area contributed by atoms with Gasteiger partial charge in [-0.15, -0.1) is 0 Å². The van der Waals surface area contributed by atoms with Crippen molar-refractivity contribution in [2.45, 2.75) is 26.3 Å². The lowest BCUT2D eigenvalue weighted by Gasteiger charge is -2.27. The molecule has 110 valence electrons. The van der Waals surface area contributed by atoms with Crippen LogP contribution >= 0.6 is 15.9 Å². The molecule has 0 spiro atoms. The first-order chi connectivity index (χ1) is 9.40. The van der Waals surface area contributed by atoms with Crippen molar-refractivity contribution in [3.05, 3.63) is 28.2 Å². The number of carboxylic acids is 1. The van der Waals surface area contributed by atoms with Crippen LogP contribution in [0.15, 0.2) is 22.7 Å². The Morgan fingerprint density at radius 2 is 2.10 bits per heavy atom. The number of carbonyl (C=O) groups is 2. The predicted octanol–water partition coefficient (Wildman–Crippen LogP) is 2.78. The van der Waals surface area contributed by atoms with Gasteiger partial charge >= 0.3 is 5.97 Å². The van der Waals surface area contributed by atoms with Crippen molar-refractivity contribution in [3.8, 4) is 5.75 Å². The third kappa shape index (κ3) is 3.96. The molecule has 0 saturated heterocycles. The molecule has 0 aliphatic carbocycles. The number of hydrogen-bond acceptors (Lipinski definition) is 3. The molecule has 1 atom stereocenters. The number of aliphatic carboxylic acids is 1. The van der Waals surface area contributed by atoms with E-state index in [1.807, 2.05) is 13.8 Å². The predicted molar refractivity (Wildman–Crippen MR) is 79.1 cm³/mol. The van der Waals surface area contributed by atoms with Crippen LogP contribution in [0.3, 0.4) is 0 Å². The normalized spacial score (nSPS) is 11.8. The Bertz CT molecular complexity index is 504. The van der Waals surface area contributed by atoms with E-state index in [0.717, 1.165) is 0 Å². The van der Waals surface area contributed by atoms with E-state index in [-0.39, 0.29) is 18.5 Å². The van der Waals surface area contributed by atoms with Crippen molar-refractivity contribution in [2.24, 2.45) is 0 Å². The van der Waals surface area contributed by atoms with Crippen LogP contribution in [0.2, 0.25) is 0 Å². The van der Waals surface area contributed by atoms with E-state index in [0.29, 0.717) is 22.2 Å². The number of hydrogen-bond donors (Lipinski definition) is 1. The van der Waals surface area contributed by atoms with Gasteiger partial charge in [-0.05, 0) is 47.5 Å². The summed E-state index contributed by atoms with van der Waals surface area (Å²) in [7, 11) is 1.52. The number of ether oxygens (including phenoxy) is 1. The van der Waals surface area contributed by atoms with Gasteiger partial charge in [-0.1, -0.05) is 6.92 Å². The highest BCUT2D eigenvalue weighted by Crippen LogP contribution is 2.24. The first-order valence-corrected chi connectivity index (χ1v) is 7.06. The second-order valence-electron chi connectivity index (χ2n) is 4.43. The molecule has 1 N–H and O–H groups in total. The van der Waals surface area contributed by atoms with Crippen LogP contribution in [-0.4, -0.2) is 41.6 Å². The second kappa shape index (κ2) is 7.28. The standard InChI is InChI=1S/C14H18BrNO4/c1-4-9(2)16(8-13(17)18)14(19)11-7-10(20-3)5-6-12(11)15/h5-7,9H,4,8H2,1-3H3,(H,17,18). The molecule has 0 fully saturated rings. The van der Waals surface area contributed by atoms with E-state index in [4.69, 9.17) is 9.84 Å². The largest absolute Gasteiger partial charge is 0.497 e. The van der Waals surface area contributed by atoms with Gasteiger partial charge in [-0.25, -0.2) is 0 Å². The molecule has 1 amide bonds. The van der Waals surface area contributed by atoms with Crippen LogP contribution in [0.5, 0.6) is 5.75 Å². The van der Waals surface area contributed by atoms with Gasteiger partial charge in [0, 0.05) is 10.5 Å². The SMILES string of the molecule is CCC(C)N(CC(=O)O)C(=O)c1cc(OC)ccc1Br. The minimum absolute atomic E-state index is 0.156. The van der Waals surface area contributed by atoms with E-state index < -0.39 is 5.97 Å². The molecule has 0 radical (unpaired) electrons. The van der Waals surface area contributed by atoms with Crippen molar-refractivity contribution < 1.29 is 19.4 Å². The Hall–Kier alpha value is -1.56. The van der Waals surface area contributed by atoms with Gasteiger partial charge in [0.15, 0.2) is 0 Å². The van der Waals surface area contributed by atoms with E-state index >= 15 is 0 Å². The number of amides is 1. The van der Waals surface area contributed by atoms with Crippen LogP contribution in [0.25, 0.3) is 0 Å². The second-order valence-corrected chi connectivity index (χ2v) is 5.28. The lowest BCUT2D eigenvalue weighted by Crippen LogP contribution is -2.42. The van der Waals surface area contributed by atoms with Crippen molar-refractivity contribution in [1.82, 2.24) is 4.90 Å². The third-order valence-corrected chi connectivity index (χ3v) is 3.78. The first kappa shape index (κ1) is 16.5. The zero-order valence-electron chi connectivity index (χ0n) is 11.7. The zero-order chi connectivity index (χ0) is 15.3. The van der Waals surface area contributed by atoms with Crippen LogP contribution in [0, 0.1) is 0 Å². The van der Waals surface area contributed by atoms with Gasteiger partial charge in [0.2, 0.25) is 0 Å². The Balaban J connectivity index is 3.14. The van der Waals surface area contributed by atoms with Crippen LogP contribution in [-0.2, 0) is 4.79 Å². The van der Waals surface area contributed by atoms with Crippen LogP contribution in [0.4, 0.5) is 0 Å². The monoisotopic (exact) mass is 343 g/mol. The lowest BCUT2D eigenvalue weighted by molar-refractivity contribution is -0.138. The fraction of sp³-hybridized carbons (Fsp3) is 0.429. The van der Waals surface area contributed by atoms with Gasteiger partial charge in [0.05, 0.1) is 12.7 Å². The highest BCUT2D eigenvalue weighted by atomic mass is 79.9. The number of methoxy groups -OCH3 is 1. The molecule has 0 aliphatic heterocycles. The molecule has 6 heteroatoms. The van der Waals surface area contributed by atoms with Crippen molar-refractivity contribution in [3.63, 3.8) is 0 Å². The van der Waals surface area contributed by atoms with Crippen molar-refractivity contribution in [1.29, 1.82) is 0 Å². The number of rotatable bonds is 6.